The highest BCUT2D eigenvalue weighted by Gasteiger charge is 2.33. The van der Waals surface area contributed by atoms with Crippen LogP contribution in [0.25, 0.3) is 0 Å². The van der Waals surface area contributed by atoms with Crippen LogP contribution in [0.2, 0.25) is 0 Å². The molecule has 4 nitrogen and oxygen atoms in total. The Bertz CT molecular complexity index is 830. The van der Waals surface area contributed by atoms with Crippen LogP contribution in [0.3, 0.4) is 0 Å². The zero-order valence-electron chi connectivity index (χ0n) is 13.7. The van der Waals surface area contributed by atoms with Crippen molar-refractivity contribution in [3.63, 3.8) is 0 Å². The topological polar surface area (TPSA) is 52.6 Å². The van der Waals surface area contributed by atoms with Crippen LogP contribution in [-0.4, -0.2) is 17.9 Å². The molecule has 0 saturated heterocycles. The Labute approximate surface area is 143 Å². The number of hydrogen-bond acceptors (Lipinski definition) is 4. The number of ether oxygens (including phenoxy) is 2. The van der Waals surface area contributed by atoms with Crippen LogP contribution >= 0.6 is 0 Å². The minimum atomic E-state index is -0.986. The van der Waals surface area contributed by atoms with Gasteiger partial charge in [0, 0.05) is 12.0 Å². The van der Waals surface area contributed by atoms with Crippen molar-refractivity contribution in [2.45, 2.75) is 32.3 Å². The fourth-order valence-electron chi connectivity index (χ4n) is 2.87. The molecule has 6 heteroatoms. The van der Waals surface area contributed by atoms with Gasteiger partial charge in [0.15, 0.2) is 11.9 Å². The van der Waals surface area contributed by atoms with Crippen molar-refractivity contribution in [3.05, 3.63) is 59.2 Å². The summed E-state index contributed by atoms with van der Waals surface area (Å²) >= 11 is 0. The molecule has 2 unspecified atom stereocenters. The maximum Gasteiger partial charge on any atom is 0.352 e. The van der Waals surface area contributed by atoms with Crippen molar-refractivity contribution in [2.24, 2.45) is 0 Å². The lowest BCUT2D eigenvalue weighted by Crippen LogP contribution is -2.29. The van der Waals surface area contributed by atoms with Gasteiger partial charge in [0.2, 0.25) is 0 Å². The first-order chi connectivity index (χ1) is 11.9. The summed E-state index contributed by atoms with van der Waals surface area (Å²) in [5, 5.41) is 0. The molecular formula is C19H16F2O4. The zero-order chi connectivity index (χ0) is 18.1. The van der Waals surface area contributed by atoms with E-state index in [0.29, 0.717) is 5.75 Å². The Kier molecular flexibility index (Phi) is 4.53. The van der Waals surface area contributed by atoms with E-state index < -0.39 is 23.7 Å². The molecule has 0 fully saturated rings. The molecule has 0 saturated carbocycles. The Morgan fingerprint density at radius 3 is 2.52 bits per heavy atom. The SMILES string of the molecule is CC(Oc1ccc(F)cc1)C(=O)Oc1ccc(F)c2c1C(=O)CC2C. The van der Waals surface area contributed by atoms with E-state index >= 15 is 0 Å². The van der Waals surface area contributed by atoms with Gasteiger partial charge < -0.3 is 9.47 Å². The molecule has 0 aromatic heterocycles. The lowest BCUT2D eigenvalue weighted by atomic mass is 10.0. The summed E-state index contributed by atoms with van der Waals surface area (Å²) < 4.78 is 37.5. The van der Waals surface area contributed by atoms with Crippen molar-refractivity contribution < 1.29 is 27.8 Å². The predicted octanol–water partition coefficient (Wildman–Crippen LogP) is 4.03. The molecule has 0 amide bonds. The van der Waals surface area contributed by atoms with Crippen LogP contribution in [0, 0.1) is 11.6 Å². The van der Waals surface area contributed by atoms with Crippen LogP contribution < -0.4 is 9.47 Å². The molecule has 0 aliphatic heterocycles. The van der Waals surface area contributed by atoms with Gasteiger partial charge in [0.25, 0.3) is 0 Å². The van der Waals surface area contributed by atoms with Crippen LogP contribution in [0.4, 0.5) is 8.78 Å². The van der Waals surface area contributed by atoms with Gasteiger partial charge in [0.05, 0.1) is 5.56 Å². The quantitative estimate of drug-likeness (QED) is 0.620. The van der Waals surface area contributed by atoms with Crippen molar-refractivity contribution >= 4 is 11.8 Å². The Hall–Kier alpha value is -2.76. The van der Waals surface area contributed by atoms with Crippen molar-refractivity contribution in [3.8, 4) is 11.5 Å². The first-order valence-corrected chi connectivity index (χ1v) is 7.86. The molecule has 1 aliphatic carbocycles. The molecule has 3 rings (SSSR count). The predicted molar refractivity (Wildman–Crippen MR) is 85.9 cm³/mol. The first-order valence-electron chi connectivity index (χ1n) is 7.86. The van der Waals surface area contributed by atoms with Crippen LogP contribution in [0.5, 0.6) is 11.5 Å². The summed E-state index contributed by atoms with van der Waals surface area (Å²) in [4.78, 5) is 24.3. The summed E-state index contributed by atoms with van der Waals surface area (Å²) in [5.41, 5.74) is 0.400. The number of fused-ring (bicyclic) bond motifs is 1. The average molecular weight is 346 g/mol. The molecule has 0 heterocycles. The average Bonchev–Trinajstić information content (AvgIpc) is 2.88. The zero-order valence-corrected chi connectivity index (χ0v) is 13.7. The van der Waals surface area contributed by atoms with Gasteiger partial charge in [0.1, 0.15) is 23.1 Å². The second kappa shape index (κ2) is 6.63. The molecule has 25 heavy (non-hydrogen) atoms. The Morgan fingerprint density at radius 2 is 1.84 bits per heavy atom. The third kappa shape index (κ3) is 3.38. The fourth-order valence-corrected chi connectivity index (χ4v) is 2.87. The lowest BCUT2D eigenvalue weighted by molar-refractivity contribution is -0.141. The second-order valence-corrected chi connectivity index (χ2v) is 6.00. The van der Waals surface area contributed by atoms with E-state index in [4.69, 9.17) is 9.47 Å². The highest BCUT2D eigenvalue weighted by atomic mass is 19.1. The molecule has 0 radical (unpaired) electrons. The molecule has 0 bridgehead atoms. The van der Waals surface area contributed by atoms with Gasteiger partial charge in [-0.05, 0) is 49.2 Å². The molecular weight excluding hydrogens is 330 g/mol. The second-order valence-electron chi connectivity index (χ2n) is 6.00. The smallest absolute Gasteiger partial charge is 0.352 e. The molecule has 1 aliphatic rings. The van der Waals surface area contributed by atoms with Crippen molar-refractivity contribution in [2.75, 3.05) is 0 Å². The molecule has 2 aromatic rings. The number of benzene rings is 2. The standard InChI is InChI=1S/C19H16F2O4/c1-10-9-15(22)18-16(8-7-14(21)17(10)18)25-19(23)11(2)24-13-5-3-12(20)4-6-13/h3-8,10-11H,9H2,1-2H3. The lowest BCUT2D eigenvalue weighted by Gasteiger charge is -2.15. The van der Waals surface area contributed by atoms with E-state index in [0.717, 1.165) is 0 Å². The van der Waals surface area contributed by atoms with Gasteiger partial charge in [-0.3, -0.25) is 4.79 Å². The van der Waals surface area contributed by atoms with Crippen LogP contribution in [-0.2, 0) is 4.79 Å². The summed E-state index contributed by atoms with van der Waals surface area (Å²) in [5.74, 6) is -1.80. The summed E-state index contributed by atoms with van der Waals surface area (Å²) in [6.45, 7) is 3.22. The fraction of sp³-hybridized carbons (Fsp3) is 0.263. The van der Waals surface area contributed by atoms with Gasteiger partial charge in [-0.15, -0.1) is 0 Å². The minimum Gasteiger partial charge on any atom is -0.479 e. The normalized spacial score (nSPS) is 17.1. The van der Waals surface area contributed by atoms with E-state index in [1.54, 1.807) is 6.92 Å². The number of carbonyl (C=O) groups is 2. The molecule has 0 spiro atoms. The van der Waals surface area contributed by atoms with Crippen molar-refractivity contribution in [1.29, 1.82) is 0 Å². The maximum atomic E-state index is 14.0. The van der Waals surface area contributed by atoms with Crippen molar-refractivity contribution in [1.82, 2.24) is 0 Å². The number of hydrogen-bond donors (Lipinski definition) is 0. The van der Waals surface area contributed by atoms with E-state index in [1.807, 2.05) is 0 Å². The molecule has 0 N–H and O–H groups in total. The monoisotopic (exact) mass is 346 g/mol. The summed E-state index contributed by atoms with van der Waals surface area (Å²) in [6.07, 6.45) is -0.803. The number of ketones is 1. The van der Waals surface area contributed by atoms with E-state index in [9.17, 15) is 18.4 Å². The number of carbonyl (C=O) groups excluding carboxylic acids is 2. The number of Topliss-reactive ketones (excluding diaryl/α,β-unsaturated/α-hetero) is 1. The van der Waals surface area contributed by atoms with Crippen LogP contribution in [0.1, 0.15) is 42.1 Å². The number of rotatable bonds is 4. The maximum absolute atomic E-state index is 14.0. The molecule has 2 aromatic carbocycles. The third-order valence-corrected chi connectivity index (χ3v) is 4.09. The van der Waals surface area contributed by atoms with Gasteiger partial charge in [-0.25, -0.2) is 13.6 Å². The van der Waals surface area contributed by atoms with Crippen LogP contribution in [0.15, 0.2) is 36.4 Å². The van der Waals surface area contributed by atoms with Gasteiger partial charge in [-0.2, -0.15) is 0 Å². The van der Waals surface area contributed by atoms with Gasteiger partial charge >= 0.3 is 5.97 Å². The summed E-state index contributed by atoms with van der Waals surface area (Å²) in [7, 11) is 0. The first kappa shape index (κ1) is 17.1. The van der Waals surface area contributed by atoms with E-state index in [-0.39, 0.29) is 35.0 Å². The van der Waals surface area contributed by atoms with Gasteiger partial charge in [-0.1, -0.05) is 6.92 Å². The highest BCUT2D eigenvalue weighted by Crippen LogP contribution is 2.39. The number of halogens is 2. The largest absolute Gasteiger partial charge is 0.479 e. The Morgan fingerprint density at radius 1 is 1.16 bits per heavy atom. The van der Waals surface area contributed by atoms with E-state index in [2.05, 4.69) is 0 Å². The minimum absolute atomic E-state index is 0.0327. The third-order valence-electron chi connectivity index (χ3n) is 4.09. The Balaban J connectivity index is 1.77. The van der Waals surface area contributed by atoms with E-state index in [1.165, 1.54) is 43.3 Å². The highest BCUT2D eigenvalue weighted by molar-refractivity contribution is 6.04. The molecule has 2 atom stereocenters. The summed E-state index contributed by atoms with van der Waals surface area (Å²) in [6, 6.07) is 7.65. The number of esters is 1. The molecule has 130 valence electrons.